The number of hydrogen-bond donors (Lipinski definition) is 0. The fourth-order valence-electron chi connectivity index (χ4n) is 3.48. The summed E-state index contributed by atoms with van der Waals surface area (Å²) in [5.41, 5.74) is 2.75. The molecule has 4 rings (SSSR count). The van der Waals surface area contributed by atoms with Crippen LogP contribution >= 0.6 is 11.6 Å². The van der Waals surface area contributed by atoms with Crippen LogP contribution in [0.2, 0.25) is 5.02 Å². The first kappa shape index (κ1) is 20.9. The molecule has 0 radical (unpaired) electrons. The van der Waals surface area contributed by atoms with Crippen LogP contribution in [0.5, 0.6) is 5.75 Å². The minimum Gasteiger partial charge on any atom is -0.490 e. The summed E-state index contributed by atoms with van der Waals surface area (Å²) in [6.07, 6.45) is -0.496. The Morgan fingerprint density at radius 2 is 1.74 bits per heavy atom. The normalized spacial score (nSPS) is 13.2. The summed E-state index contributed by atoms with van der Waals surface area (Å²) in [5.74, 6) is 1.20. The van der Waals surface area contributed by atoms with Crippen molar-refractivity contribution in [3.8, 4) is 5.75 Å². The number of aliphatic imine (C=N–C) groups is 1. The molecule has 1 aliphatic rings. The number of carbonyl (C=O) groups is 1. The van der Waals surface area contributed by atoms with E-state index in [9.17, 15) is 4.79 Å². The Kier molecular flexibility index (Phi) is 6.53. The number of hydrogen-bond acceptors (Lipinski definition) is 5. The van der Waals surface area contributed by atoms with E-state index in [4.69, 9.17) is 21.1 Å². The quantitative estimate of drug-likeness (QED) is 0.499. The van der Waals surface area contributed by atoms with Crippen LogP contribution in [-0.2, 0) is 11.3 Å². The largest absolute Gasteiger partial charge is 0.490 e. The number of benzene rings is 3. The first-order chi connectivity index (χ1) is 15.1. The van der Waals surface area contributed by atoms with Crippen molar-refractivity contribution in [2.75, 3.05) is 20.2 Å². The molecule has 0 saturated carbocycles. The second-order valence-electron chi connectivity index (χ2n) is 7.34. The number of rotatable bonds is 7. The third-order valence-electron chi connectivity index (χ3n) is 5.03. The molecule has 0 bridgehead atoms. The van der Waals surface area contributed by atoms with Gasteiger partial charge in [-0.05, 0) is 42.0 Å². The Balaban J connectivity index is 1.47. The van der Waals surface area contributed by atoms with E-state index >= 15 is 0 Å². The van der Waals surface area contributed by atoms with E-state index in [-0.39, 0.29) is 6.61 Å². The van der Waals surface area contributed by atoms with Crippen LogP contribution in [0, 0.1) is 0 Å². The van der Waals surface area contributed by atoms with Crippen molar-refractivity contribution in [2.45, 2.75) is 12.6 Å². The van der Waals surface area contributed by atoms with Crippen molar-refractivity contribution in [1.82, 2.24) is 4.90 Å². The van der Waals surface area contributed by atoms with E-state index < -0.39 is 12.1 Å². The number of nitrogens with zero attached hydrogens (tertiary/aromatic N) is 2. The molecule has 31 heavy (non-hydrogen) atoms. The van der Waals surface area contributed by atoms with Gasteiger partial charge in [0.25, 0.3) is 0 Å². The number of ether oxygens (including phenoxy) is 2. The second-order valence-corrected chi connectivity index (χ2v) is 7.77. The third kappa shape index (κ3) is 5.25. The lowest BCUT2D eigenvalue weighted by Gasteiger charge is -2.26. The fraction of sp³-hybridized carbons (Fsp3) is 0.200. The van der Waals surface area contributed by atoms with Crippen molar-refractivity contribution in [2.24, 2.45) is 4.99 Å². The summed E-state index contributed by atoms with van der Waals surface area (Å²) in [4.78, 5) is 19.4. The van der Waals surface area contributed by atoms with E-state index in [0.29, 0.717) is 23.7 Å². The zero-order valence-corrected chi connectivity index (χ0v) is 18.0. The van der Waals surface area contributed by atoms with Crippen LogP contribution in [0.25, 0.3) is 0 Å². The molecule has 0 aromatic heterocycles. The van der Waals surface area contributed by atoms with Crippen LogP contribution in [-0.4, -0.2) is 43.0 Å². The predicted molar refractivity (Wildman–Crippen MR) is 122 cm³/mol. The number of amidine groups is 1. The standard InChI is InChI=1S/C25H23ClN2O3/c1-28(24-23-10-6-5-7-19(23)15-27-24)16-22(17-30-21-8-3-2-4-9-21)31-25(29)18-11-13-20(26)14-12-18/h2-14,22H,15-17H2,1H3. The minimum absolute atomic E-state index is 0.225. The molecule has 0 spiro atoms. The van der Waals surface area contributed by atoms with Gasteiger partial charge >= 0.3 is 5.97 Å². The minimum atomic E-state index is -0.496. The van der Waals surface area contributed by atoms with Crippen molar-refractivity contribution < 1.29 is 14.3 Å². The Morgan fingerprint density at radius 1 is 1.03 bits per heavy atom. The molecule has 3 aromatic rings. The number of para-hydroxylation sites is 1. The fourth-order valence-corrected chi connectivity index (χ4v) is 3.60. The molecular formula is C25H23ClN2O3. The van der Waals surface area contributed by atoms with Crippen molar-refractivity contribution in [3.63, 3.8) is 0 Å². The predicted octanol–water partition coefficient (Wildman–Crippen LogP) is 4.84. The highest BCUT2D eigenvalue weighted by atomic mass is 35.5. The van der Waals surface area contributed by atoms with Crippen LogP contribution < -0.4 is 4.74 Å². The number of likely N-dealkylation sites (N-methyl/N-ethyl adjacent to an activating group) is 1. The zero-order chi connectivity index (χ0) is 21.6. The number of halogens is 1. The van der Waals surface area contributed by atoms with E-state index in [1.807, 2.05) is 54.4 Å². The average molecular weight is 435 g/mol. The third-order valence-corrected chi connectivity index (χ3v) is 5.28. The first-order valence-corrected chi connectivity index (χ1v) is 10.5. The first-order valence-electron chi connectivity index (χ1n) is 10.1. The lowest BCUT2D eigenvalue weighted by molar-refractivity contribution is 0.0130. The molecule has 1 unspecified atom stereocenters. The molecule has 0 amide bonds. The summed E-state index contributed by atoms with van der Waals surface area (Å²) in [5, 5.41) is 0.568. The highest BCUT2D eigenvalue weighted by molar-refractivity contribution is 6.30. The van der Waals surface area contributed by atoms with Crippen molar-refractivity contribution in [3.05, 3.63) is 101 Å². The van der Waals surface area contributed by atoms with Gasteiger partial charge in [-0.25, -0.2) is 4.79 Å². The lowest BCUT2D eigenvalue weighted by Crippen LogP contribution is -2.39. The molecule has 1 atom stereocenters. The van der Waals surface area contributed by atoms with Gasteiger partial charge in [0.1, 0.15) is 18.2 Å². The van der Waals surface area contributed by atoms with Gasteiger partial charge in [0.05, 0.1) is 18.7 Å². The van der Waals surface area contributed by atoms with E-state index in [1.54, 1.807) is 24.3 Å². The highest BCUT2D eigenvalue weighted by Gasteiger charge is 2.24. The summed E-state index contributed by atoms with van der Waals surface area (Å²) in [6.45, 7) is 1.33. The second kappa shape index (κ2) is 9.67. The Bertz CT molecular complexity index is 1070. The summed E-state index contributed by atoms with van der Waals surface area (Å²) >= 11 is 5.93. The molecule has 0 N–H and O–H groups in total. The molecule has 158 valence electrons. The molecule has 1 heterocycles. The number of fused-ring (bicyclic) bond motifs is 1. The van der Waals surface area contributed by atoms with Crippen LogP contribution in [0.3, 0.4) is 0 Å². The van der Waals surface area contributed by atoms with Crippen molar-refractivity contribution >= 4 is 23.4 Å². The van der Waals surface area contributed by atoms with Crippen molar-refractivity contribution in [1.29, 1.82) is 0 Å². The molecule has 5 nitrogen and oxygen atoms in total. The summed E-state index contributed by atoms with van der Waals surface area (Å²) < 4.78 is 11.7. The molecule has 0 aliphatic carbocycles. The van der Waals surface area contributed by atoms with Gasteiger partial charge < -0.3 is 14.4 Å². The Morgan fingerprint density at radius 3 is 2.52 bits per heavy atom. The zero-order valence-electron chi connectivity index (χ0n) is 17.2. The van der Waals surface area contributed by atoms with E-state index in [2.05, 4.69) is 17.1 Å². The van der Waals surface area contributed by atoms with Crippen LogP contribution in [0.15, 0.2) is 83.9 Å². The highest BCUT2D eigenvalue weighted by Crippen LogP contribution is 2.21. The van der Waals surface area contributed by atoms with Gasteiger partial charge in [0.15, 0.2) is 6.10 Å². The molecule has 6 heteroatoms. The van der Waals surface area contributed by atoms with Gasteiger partial charge in [-0.1, -0.05) is 54.1 Å². The lowest BCUT2D eigenvalue weighted by atomic mass is 10.1. The van der Waals surface area contributed by atoms with E-state index in [1.165, 1.54) is 5.56 Å². The van der Waals surface area contributed by atoms with E-state index in [0.717, 1.165) is 17.1 Å². The van der Waals surface area contributed by atoms with Crippen LogP contribution in [0.1, 0.15) is 21.5 Å². The molecule has 1 aliphatic heterocycles. The van der Waals surface area contributed by atoms with Crippen LogP contribution in [0.4, 0.5) is 0 Å². The topological polar surface area (TPSA) is 51.1 Å². The number of carbonyl (C=O) groups excluding carboxylic acids is 1. The molecule has 3 aromatic carbocycles. The maximum Gasteiger partial charge on any atom is 0.338 e. The molecular weight excluding hydrogens is 412 g/mol. The van der Waals surface area contributed by atoms with Gasteiger partial charge in [0, 0.05) is 17.6 Å². The van der Waals surface area contributed by atoms with Gasteiger partial charge in [0.2, 0.25) is 0 Å². The maximum absolute atomic E-state index is 12.7. The van der Waals surface area contributed by atoms with Gasteiger partial charge in [-0.3, -0.25) is 4.99 Å². The molecule has 0 saturated heterocycles. The Labute approximate surface area is 186 Å². The Hall–Kier alpha value is -3.31. The average Bonchev–Trinajstić information content (AvgIpc) is 3.23. The number of esters is 1. The summed E-state index contributed by atoms with van der Waals surface area (Å²) in [6, 6.07) is 24.3. The monoisotopic (exact) mass is 434 g/mol. The molecule has 0 fully saturated rings. The smallest absolute Gasteiger partial charge is 0.338 e. The van der Waals surface area contributed by atoms with Gasteiger partial charge in [-0.2, -0.15) is 0 Å². The maximum atomic E-state index is 12.7. The SMILES string of the molecule is CN(CC(COc1ccccc1)OC(=O)c1ccc(Cl)cc1)C1=NCc2ccccc21. The summed E-state index contributed by atoms with van der Waals surface area (Å²) in [7, 11) is 1.95. The van der Waals surface area contributed by atoms with Gasteiger partial charge in [-0.15, -0.1) is 0 Å².